The van der Waals surface area contributed by atoms with Crippen molar-refractivity contribution in [3.63, 3.8) is 0 Å². The van der Waals surface area contributed by atoms with Crippen LogP contribution < -0.4 is 5.73 Å². The highest BCUT2D eigenvalue weighted by molar-refractivity contribution is 5.73. The van der Waals surface area contributed by atoms with E-state index in [0.717, 1.165) is 19.4 Å². The lowest BCUT2D eigenvalue weighted by molar-refractivity contribution is 0.217. The van der Waals surface area contributed by atoms with Crippen LogP contribution in [0.15, 0.2) is 4.99 Å². The molecular weight excluding hydrogens is 164 g/mol. The first kappa shape index (κ1) is 8.85. The number of rotatable bonds is 0. The van der Waals surface area contributed by atoms with E-state index in [2.05, 4.69) is 4.99 Å². The van der Waals surface area contributed by atoms with Crippen LogP contribution in [0.4, 0.5) is 0 Å². The van der Waals surface area contributed by atoms with Gasteiger partial charge in [-0.2, -0.15) is 0 Å². The second-order valence-electron chi connectivity index (χ2n) is 4.23. The van der Waals surface area contributed by atoms with Gasteiger partial charge < -0.3 is 10.5 Å². The molecule has 0 atom stereocenters. The van der Waals surface area contributed by atoms with Gasteiger partial charge in [0, 0.05) is 0 Å². The second-order valence-corrected chi connectivity index (χ2v) is 4.23. The first-order valence-electron chi connectivity index (χ1n) is 5.29. The van der Waals surface area contributed by atoms with Gasteiger partial charge in [-0.15, -0.1) is 0 Å². The number of hydrogen-bond acceptors (Lipinski definition) is 3. The Morgan fingerprint density at radius 1 is 1.08 bits per heavy atom. The summed E-state index contributed by atoms with van der Waals surface area (Å²) in [6, 6.07) is 0.403. The van der Waals surface area contributed by atoms with Crippen molar-refractivity contribution in [1.82, 2.24) is 0 Å². The van der Waals surface area contributed by atoms with Gasteiger partial charge in [-0.1, -0.05) is 32.1 Å². The third-order valence-electron chi connectivity index (χ3n) is 3.12. The van der Waals surface area contributed by atoms with E-state index in [1.807, 2.05) is 0 Å². The Morgan fingerprint density at radius 2 is 1.69 bits per heavy atom. The Kier molecular flexibility index (Phi) is 2.42. The Labute approximate surface area is 79.4 Å². The number of nitrogens with two attached hydrogens (primary N) is 1. The molecule has 1 fully saturated rings. The maximum Gasteiger partial charge on any atom is 0.282 e. The first-order valence-corrected chi connectivity index (χ1v) is 5.29. The van der Waals surface area contributed by atoms with Gasteiger partial charge in [0.25, 0.3) is 6.02 Å². The average Bonchev–Trinajstić information content (AvgIpc) is 2.42. The van der Waals surface area contributed by atoms with E-state index in [1.165, 1.54) is 32.1 Å². The third-order valence-corrected chi connectivity index (χ3v) is 3.12. The van der Waals surface area contributed by atoms with Gasteiger partial charge in [0.15, 0.2) is 0 Å². The van der Waals surface area contributed by atoms with Gasteiger partial charge in [0.1, 0.15) is 12.1 Å². The fourth-order valence-corrected chi connectivity index (χ4v) is 2.33. The van der Waals surface area contributed by atoms with Crippen LogP contribution in [0.3, 0.4) is 0 Å². The lowest BCUT2D eigenvalue weighted by atomic mass is 9.85. The molecule has 2 aliphatic rings. The number of aliphatic imine (C=N–C) groups is 1. The lowest BCUT2D eigenvalue weighted by Crippen LogP contribution is -2.29. The molecule has 0 saturated heterocycles. The van der Waals surface area contributed by atoms with E-state index in [9.17, 15) is 0 Å². The SMILES string of the molecule is NC1=NC2(CCCCCCC2)CO1. The Balaban J connectivity index is 2.02. The van der Waals surface area contributed by atoms with E-state index >= 15 is 0 Å². The largest absolute Gasteiger partial charge is 0.463 e. The molecule has 0 aromatic heterocycles. The highest BCUT2D eigenvalue weighted by Crippen LogP contribution is 2.32. The van der Waals surface area contributed by atoms with Crippen LogP contribution in [0.1, 0.15) is 44.9 Å². The molecule has 1 aliphatic carbocycles. The minimum absolute atomic E-state index is 0.0600. The van der Waals surface area contributed by atoms with Crippen LogP contribution in [0.25, 0.3) is 0 Å². The van der Waals surface area contributed by atoms with E-state index in [-0.39, 0.29) is 5.54 Å². The van der Waals surface area contributed by atoms with E-state index < -0.39 is 0 Å². The fraction of sp³-hybridized carbons (Fsp3) is 0.900. The van der Waals surface area contributed by atoms with Gasteiger partial charge in [-0.25, -0.2) is 4.99 Å². The summed E-state index contributed by atoms with van der Waals surface area (Å²) in [6.07, 6.45) is 8.95. The fourth-order valence-electron chi connectivity index (χ4n) is 2.33. The van der Waals surface area contributed by atoms with Crippen LogP contribution in [-0.2, 0) is 4.74 Å². The Morgan fingerprint density at radius 3 is 2.23 bits per heavy atom. The van der Waals surface area contributed by atoms with Gasteiger partial charge in [0.05, 0.1) is 0 Å². The number of ether oxygens (including phenoxy) is 1. The molecule has 1 heterocycles. The lowest BCUT2D eigenvalue weighted by Gasteiger charge is -2.25. The smallest absolute Gasteiger partial charge is 0.282 e. The topological polar surface area (TPSA) is 47.6 Å². The molecular formula is C10H18N2O. The summed E-state index contributed by atoms with van der Waals surface area (Å²) in [5.74, 6) is 0. The molecule has 13 heavy (non-hydrogen) atoms. The molecule has 1 saturated carbocycles. The Bertz CT molecular complexity index is 205. The second kappa shape index (κ2) is 3.56. The zero-order valence-corrected chi connectivity index (χ0v) is 8.09. The van der Waals surface area contributed by atoms with Gasteiger partial charge >= 0.3 is 0 Å². The van der Waals surface area contributed by atoms with E-state index in [4.69, 9.17) is 10.5 Å². The molecule has 3 nitrogen and oxygen atoms in total. The van der Waals surface area contributed by atoms with Crippen molar-refractivity contribution < 1.29 is 4.74 Å². The zero-order valence-electron chi connectivity index (χ0n) is 8.09. The molecule has 0 unspecified atom stereocenters. The maximum atomic E-state index is 5.56. The van der Waals surface area contributed by atoms with Gasteiger partial charge in [0.2, 0.25) is 0 Å². The Hall–Kier alpha value is -0.730. The summed E-state index contributed by atoms with van der Waals surface area (Å²) in [5, 5.41) is 0. The molecule has 0 aromatic carbocycles. The standard InChI is InChI=1S/C10H18N2O/c11-9-12-10(8-13-9)6-4-2-1-3-5-7-10/h1-8H2,(H2,11,12). The van der Waals surface area contributed by atoms with Gasteiger partial charge in [-0.05, 0) is 12.8 Å². The predicted octanol–water partition coefficient (Wildman–Crippen LogP) is 1.81. The molecule has 0 bridgehead atoms. The number of amidine groups is 1. The summed E-state index contributed by atoms with van der Waals surface area (Å²) in [6.45, 7) is 0.721. The molecule has 0 aromatic rings. The highest BCUT2D eigenvalue weighted by atomic mass is 16.5. The molecule has 3 heteroatoms. The maximum absolute atomic E-state index is 5.56. The quantitative estimate of drug-likeness (QED) is 0.621. The van der Waals surface area contributed by atoms with Crippen molar-refractivity contribution in [3.8, 4) is 0 Å². The van der Waals surface area contributed by atoms with Crippen molar-refractivity contribution in [2.75, 3.05) is 6.61 Å². The predicted molar refractivity (Wildman–Crippen MR) is 52.6 cm³/mol. The molecule has 74 valence electrons. The molecule has 2 N–H and O–H groups in total. The van der Waals surface area contributed by atoms with Crippen molar-refractivity contribution in [2.24, 2.45) is 10.7 Å². The highest BCUT2D eigenvalue weighted by Gasteiger charge is 2.35. The average molecular weight is 182 g/mol. The zero-order chi connectivity index (χ0) is 9.15. The van der Waals surface area contributed by atoms with Crippen LogP contribution in [0.5, 0.6) is 0 Å². The number of nitrogens with zero attached hydrogens (tertiary/aromatic N) is 1. The minimum atomic E-state index is 0.0600. The first-order chi connectivity index (χ1) is 6.31. The van der Waals surface area contributed by atoms with Crippen molar-refractivity contribution in [3.05, 3.63) is 0 Å². The normalized spacial score (nSPS) is 27.5. The third kappa shape index (κ3) is 1.95. The minimum Gasteiger partial charge on any atom is -0.463 e. The monoisotopic (exact) mass is 182 g/mol. The summed E-state index contributed by atoms with van der Waals surface area (Å²) >= 11 is 0. The molecule has 0 radical (unpaired) electrons. The van der Waals surface area contributed by atoms with E-state index in [0.29, 0.717) is 6.02 Å². The van der Waals surface area contributed by atoms with Crippen molar-refractivity contribution in [2.45, 2.75) is 50.5 Å². The van der Waals surface area contributed by atoms with Crippen LogP contribution in [-0.4, -0.2) is 18.2 Å². The molecule has 1 aliphatic heterocycles. The van der Waals surface area contributed by atoms with Crippen LogP contribution >= 0.6 is 0 Å². The summed E-state index contributed by atoms with van der Waals surface area (Å²) in [4.78, 5) is 4.45. The van der Waals surface area contributed by atoms with Crippen LogP contribution in [0, 0.1) is 0 Å². The summed E-state index contributed by atoms with van der Waals surface area (Å²) < 4.78 is 5.27. The molecule has 2 rings (SSSR count). The summed E-state index contributed by atoms with van der Waals surface area (Å²) in [7, 11) is 0. The van der Waals surface area contributed by atoms with Gasteiger partial charge in [-0.3, -0.25) is 0 Å². The van der Waals surface area contributed by atoms with Crippen molar-refractivity contribution in [1.29, 1.82) is 0 Å². The van der Waals surface area contributed by atoms with Crippen LogP contribution in [0.2, 0.25) is 0 Å². The summed E-state index contributed by atoms with van der Waals surface area (Å²) in [5.41, 5.74) is 5.62. The molecule has 0 amide bonds. The molecule has 1 spiro atoms. The van der Waals surface area contributed by atoms with Crippen molar-refractivity contribution >= 4 is 6.02 Å². The number of hydrogen-bond donors (Lipinski definition) is 1. The van der Waals surface area contributed by atoms with E-state index in [1.54, 1.807) is 0 Å².